The summed E-state index contributed by atoms with van der Waals surface area (Å²) >= 11 is 0. The van der Waals surface area contributed by atoms with Crippen molar-refractivity contribution in [2.45, 2.75) is 19.8 Å². The maximum atomic E-state index is 11.8. The van der Waals surface area contributed by atoms with Gasteiger partial charge in [0.1, 0.15) is 17.2 Å². The van der Waals surface area contributed by atoms with Gasteiger partial charge < -0.3 is 9.64 Å². The number of nitrogens with zero attached hydrogens (tertiary/aromatic N) is 2. The summed E-state index contributed by atoms with van der Waals surface area (Å²) in [5.74, 6) is 0.515. The zero-order valence-corrected chi connectivity index (χ0v) is 10.4. The summed E-state index contributed by atoms with van der Waals surface area (Å²) in [6.07, 6.45) is 2.67. The first-order valence-corrected chi connectivity index (χ1v) is 6.11. The minimum absolute atomic E-state index is 0.264. The van der Waals surface area contributed by atoms with Crippen LogP contribution in [0.1, 0.15) is 30.1 Å². The predicted molar refractivity (Wildman–Crippen MR) is 66.6 cm³/mol. The van der Waals surface area contributed by atoms with E-state index < -0.39 is 0 Å². The highest BCUT2D eigenvalue weighted by Crippen LogP contribution is 2.21. The molecule has 2 heterocycles. The molecular formula is C13H16N2O3. The van der Waals surface area contributed by atoms with Crippen molar-refractivity contribution in [1.82, 2.24) is 4.98 Å². The van der Waals surface area contributed by atoms with E-state index in [4.69, 9.17) is 4.74 Å². The third-order valence-electron chi connectivity index (χ3n) is 2.90. The highest BCUT2D eigenvalue weighted by atomic mass is 16.5. The molecule has 0 amide bonds. The van der Waals surface area contributed by atoms with Crippen LogP contribution in [-0.4, -0.2) is 36.4 Å². The molecule has 1 aromatic heterocycles. The van der Waals surface area contributed by atoms with E-state index in [0.29, 0.717) is 43.9 Å². The van der Waals surface area contributed by atoms with Crippen LogP contribution < -0.4 is 4.90 Å². The minimum atomic E-state index is -0.363. The average Bonchev–Trinajstić information content (AvgIpc) is 2.40. The molecule has 0 saturated carbocycles. The van der Waals surface area contributed by atoms with Crippen LogP contribution in [0.25, 0.3) is 0 Å². The van der Waals surface area contributed by atoms with Crippen LogP contribution >= 0.6 is 0 Å². The number of ketones is 1. The molecule has 5 nitrogen and oxygen atoms in total. The summed E-state index contributed by atoms with van der Waals surface area (Å²) in [5.41, 5.74) is 0.466. The lowest BCUT2D eigenvalue weighted by molar-refractivity contribution is -0.119. The van der Waals surface area contributed by atoms with Crippen LogP contribution in [0.5, 0.6) is 0 Å². The molecule has 0 aliphatic carbocycles. The van der Waals surface area contributed by atoms with Gasteiger partial charge in [-0.1, -0.05) is 0 Å². The molecule has 96 valence electrons. The number of anilines is 1. The van der Waals surface area contributed by atoms with Crippen molar-refractivity contribution in [3.05, 3.63) is 23.9 Å². The first-order chi connectivity index (χ1) is 8.72. The van der Waals surface area contributed by atoms with Gasteiger partial charge in [-0.3, -0.25) is 4.79 Å². The molecule has 0 N–H and O–H groups in total. The summed E-state index contributed by atoms with van der Waals surface area (Å²) < 4.78 is 5.01. The number of piperidine rings is 1. The maximum Gasteiger partial charge on any atom is 0.341 e. The van der Waals surface area contributed by atoms with Gasteiger partial charge in [0.15, 0.2) is 0 Å². The Hall–Kier alpha value is -1.91. The summed E-state index contributed by atoms with van der Waals surface area (Å²) in [5, 5.41) is 0. The van der Waals surface area contributed by atoms with Crippen molar-refractivity contribution in [2.24, 2.45) is 0 Å². The van der Waals surface area contributed by atoms with Crippen molar-refractivity contribution in [1.29, 1.82) is 0 Å². The van der Waals surface area contributed by atoms with E-state index >= 15 is 0 Å². The third kappa shape index (κ3) is 2.67. The Morgan fingerprint density at radius 3 is 2.83 bits per heavy atom. The molecule has 0 spiro atoms. The maximum absolute atomic E-state index is 11.8. The van der Waals surface area contributed by atoms with Crippen LogP contribution in [0.4, 0.5) is 5.82 Å². The van der Waals surface area contributed by atoms with E-state index in [1.54, 1.807) is 25.3 Å². The molecule has 1 aliphatic rings. The van der Waals surface area contributed by atoms with Crippen molar-refractivity contribution < 1.29 is 14.3 Å². The second-order valence-electron chi connectivity index (χ2n) is 4.12. The minimum Gasteiger partial charge on any atom is -0.462 e. The van der Waals surface area contributed by atoms with E-state index in [1.807, 2.05) is 4.90 Å². The smallest absolute Gasteiger partial charge is 0.341 e. The van der Waals surface area contributed by atoms with Gasteiger partial charge in [-0.2, -0.15) is 0 Å². The fraction of sp³-hybridized carbons (Fsp3) is 0.462. The Bertz CT molecular complexity index is 449. The van der Waals surface area contributed by atoms with E-state index in [1.165, 1.54) is 0 Å². The van der Waals surface area contributed by atoms with Gasteiger partial charge >= 0.3 is 5.97 Å². The van der Waals surface area contributed by atoms with Crippen molar-refractivity contribution >= 4 is 17.6 Å². The summed E-state index contributed by atoms with van der Waals surface area (Å²) in [6.45, 7) is 3.34. The first kappa shape index (κ1) is 12.5. The molecule has 2 rings (SSSR count). The van der Waals surface area contributed by atoms with Gasteiger partial charge in [0.2, 0.25) is 0 Å². The van der Waals surface area contributed by atoms with Gasteiger partial charge in [-0.25, -0.2) is 9.78 Å². The standard InChI is InChI=1S/C13H16N2O3/c1-2-18-13(17)11-4-3-7-14-12(11)15-8-5-10(16)6-9-15/h3-4,7H,2,5-6,8-9H2,1H3. The Morgan fingerprint density at radius 2 is 2.17 bits per heavy atom. The molecule has 0 atom stereocenters. The van der Waals surface area contributed by atoms with E-state index in [0.717, 1.165) is 0 Å². The van der Waals surface area contributed by atoms with Crippen molar-refractivity contribution in [3.63, 3.8) is 0 Å². The summed E-state index contributed by atoms with van der Waals surface area (Å²) in [4.78, 5) is 29.2. The quantitative estimate of drug-likeness (QED) is 0.757. The van der Waals surface area contributed by atoms with Gasteiger partial charge in [-0.15, -0.1) is 0 Å². The number of esters is 1. The van der Waals surface area contributed by atoms with Crippen molar-refractivity contribution in [2.75, 3.05) is 24.6 Å². The predicted octanol–water partition coefficient (Wildman–Crippen LogP) is 1.43. The normalized spacial score (nSPS) is 15.6. The number of carbonyl (C=O) groups excluding carboxylic acids is 2. The summed E-state index contributed by atoms with van der Waals surface area (Å²) in [6, 6.07) is 3.42. The van der Waals surface area contributed by atoms with Crippen LogP contribution in [0.2, 0.25) is 0 Å². The number of hydrogen-bond donors (Lipinski definition) is 0. The molecule has 0 aromatic carbocycles. The fourth-order valence-electron chi connectivity index (χ4n) is 1.99. The number of pyridine rings is 1. The monoisotopic (exact) mass is 248 g/mol. The Balaban J connectivity index is 2.21. The second-order valence-corrected chi connectivity index (χ2v) is 4.12. The largest absolute Gasteiger partial charge is 0.462 e. The molecule has 0 radical (unpaired) electrons. The van der Waals surface area contributed by atoms with Gasteiger partial charge in [0, 0.05) is 32.1 Å². The lowest BCUT2D eigenvalue weighted by atomic mass is 10.1. The van der Waals surface area contributed by atoms with Crippen LogP contribution in [-0.2, 0) is 9.53 Å². The molecule has 0 bridgehead atoms. The van der Waals surface area contributed by atoms with Crippen molar-refractivity contribution in [3.8, 4) is 0 Å². The van der Waals surface area contributed by atoms with Gasteiger partial charge in [0.25, 0.3) is 0 Å². The summed E-state index contributed by atoms with van der Waals surface area (Å²) in [7, 11) is 0. The van der Waals surface area contributed by atoms with Crippen LogP contribution in [0, 0.1) is 0 Å². The fourth-order valence-corrected chi connectivity index (χ4v) is 1.99. The number of ether oxygens (including phenoxy) is 1. The molecule has 1 saturated heterocycles. The molecule has 18 heavy (non-hydrogen) atoms. The molecule has 1 aromatic rings. The topological polar surface area (TPSA) is 59.5 Å². The lowest BCUT2D eigenvalue weighted by Gasteiger charge is -2.28. The highest BCUT2D eigenvalue weighted by Gasteiger charge is 2.22. The number of rotatable bonds is 3. The third-order valence-corrected chi connectivity index (χ3v) is 2.90. The number of hydrogen-bond acceptors (Lipinski definition) is 5. The number of aromatic nitrogens is 1. The average molecular weight is 248 g/mol. The SMILES string of the molecule is CCOC(=O)c1cccnc1N1CCC(=O)CC1. The van der Waals surface area contributed by atoms with Gasteiger partial charge in [-0.05, 0) is 19.1 Å². The zero-order valence-electron chi connectivity index (χ0n) is 10.4. The van der Waals surface area contributed by atoms with E-state index in [9.17, 15) is 9.59 Å². The molecule has 1 aliphatic heterocycles. The zero-order chi connectivity index (χ0) is 13.0. The van der Waals surface area contributed by atoms with E-state index in [2.05, 4.69) is 4.98 Å². The number of carbonyl (C=O) groups is 2. The highest BCUT2D eigenvalue weighted by molar-refractivity contribution is 5.95. The lowest BCUT2D eigenvalue weighted by Crippen LogP contribution is -2.35. The first-order valence-electron chi connectivity index (χ1n) is 6.11. The van der Waals surface area contributed by atoms with Crippen LogP contribution in [0.15, 0.2) is 18.3 Å². The Morgan fingerprint density at radius 1 is 1.44 bits per heavy atom. The van der Waals surface area contributed by atoms with Crippen LogP contribution in [0.3, 0.4) is 0 Å². The number of Topliss-reactive ketones (excluding diaryl/α,β-unsaturated/α-hetero) is 1. The molecule has 5 heteroatoms. The second kappa shape index (κ2) is 5.62. The molecule has 0 unspecified atom stereocenters. The van der Waals surface area contributed by atoms with Gasteiger partial charge in [0.05, 0.1) is 6.61 Å². The Kier molecular flexibility index (Phi) is 3.92. The van der Waals surface area contributed by atoms with E-state index in [-0.39, 0.29) is 11.8 Å². The Labute approximate surface area is 106 Å². The molecule has 1 fully saturated rings. The molecular weight excluding hydrogens is 232 g/mol.